The first-order chi connectivity index (χ1) is 27.8. The zero-order valence-corrected chi connectivity index (χ0v) is 30.1. The summed E-state index contributed by atoms with van der Waals surface area (Å²) in [6.07, 6.45) is 0. The Bertz CT molecular complexity index is 3730. The van der Waals surface area contributed by atoms with E-state index < -0.39 is 0 Å². The van der Waals surface area contributed by atoms with Gasteiger partial charge in [-0.15, -0.1) is 0 Å². The molecule has 4 heterocycles. The van der Waals surface area contributed by atoms with Gasteiger partial charge < -0.3 is 18.1 Å². The third-order valence-electron chi connectivity index (χ3n) is 12.0. The summed E-state index contributed by atoms with van der Waals surface area (Å²) in [5, 5.41) is 9.76. The molecule has 260 valence electrons. The summed E-state index contributed by atoms with van der Waals surface area (Å²) in [6, 6.07) is 68.4. The molecule has 0 unspecified atom stereocenters. The summed E-state index contributed by atoms with van der Waals surface area (Å²) < 4.78 is 11.3. The number of fused-ring (bicyclic) bond motifs is 13. The van der Waals surface area contributed by atoms with Gasteiger partial charge in [-0.25, -0.2) is 0 Å². The summed E-state index contributed by atoms with van der Waals surface area (Å²) in [5.41, 5.74) is 14.6. The maximum atomic E-state index is 6.31. The average molecular weight is 714 g/mol. The Labute approximate surface area is 320 Å². The molecule has 0 saturated heterocycles. The predicted octanol–water partition coefficient (Wildman–Crippen LogP) is 14.4. The highest BCUT2D eigenvalue weighted by molar-refractivity contribution is 6.25. The zero-order chi connectivity index (χ0) is 36.5. The number of rotatable bonds is 4. The second kappa shape index (κ2) is 11.0. The van der Waals surface area contributed by atoms with Crippen molar-refractivity contribution >= 4 is 104 Å². The molecule has 0 aliphatic heterocycles. The van der Waals surface area contributed by atoms with Gasteiger partial charge >= 0.3 is 0 Å². The molecule has 0 fully saturated rings. The smallest absolute Gasteiger partial charge is 0.135 e. The third kappa shape index (κ3) is 4.02. The van der Waals surface area contributed by atoms with Crippen molar-refractivity contribution in [2.24, 2.45) is 0 Å². The second-order valence-corrected chi connectivity index (χ2v) is 15.0. The molecule has 13 rings (SSSR count). The molecule has 0 aliphatic carbocycles. The normalized spacial score (nSPS) is 12.3. The number of hydrogen-bond donors (Lipinski definition) is 0. The first-order valence-corrected chi connectivity index (χ1v) is 19.2. The van der Waals surface area contributed by atoms with Gasteiger partial charge in [-0.1, -0.05) is 115 Å². The lowest BCUT2D eigenvalue weighted by atomic mass is 10.0. The number of benzene rings is 9. The van der Waals surface area contributed by atoms with Crippen LogP contribution in [-0.2, 0) is 0 Å². The Hall–Kier alpha value is -7.56. The maximum Gasteiger partial charge on any atom is 0.135 e. The average Bonchev–Trinajstić information content (AvgIpc) is 3.92. The molecule has 0 atom stereocenters. The lowest BCUT2D eigenvalue weighted by Crippen LogP contribution is -2.10. The first-order valence-electron chi connectivity index (χ1n) is 19.2. The van der Waals surface area contributed by atoms with Crippen LogP contribution in [-0.4, -0.2) is 8.80 Å². The van der Waals surface area contributed by atoms with Crippen LogP contribution in [0.3, 0.4) is 0 Å². The van der Waals surface area contributed by atoms with Crippen LogP contribution < -0.4 is 4.90 Å². The largest absolute Gasteiger partial charge is 0.456 e. The maximum absolute atomic E-state index is 6.31. The zero-order valence-electron chi connectivity index (χ0n) is 30.1. The van der Waals surface area contributed by atoms with E-state index in [4.69, 9.17) is 4.42 Å². The number of nitrogens with zero attached hydrogens (tertiary/aromatic N) is 3. The fourth-order valence-corrected chi connectivity index (χ4v) is 9.51. The fraction of sp³-hybridized carbons (Fsp3) is 0. The van der Waals surface area contributed by atoms with E-state index in [9.17, 15) is 0 Å². The van der Waals surface area contributed by atoms with Crippen LogP contribution in [0.4, 0.5) is 17.1 Å². The molecule has 4 aromatic heterocycles. The summed E-state index contributed by atoms with van der Waals surface area (Å²) in [5.74, 6) is 0. The summed E-state index contributed by atoms with van der Waals surface area (Å²) in [4.78, 5) is 2.40. The molecule has 4 heteroatoms. The minimum absolute atomic E-state index is 0.881. The van der Waals surface area contributed by atoms with Crippen LogP contribution in [0.5, 0.6) is 0 Å². The van der Waals surface area contributed by atoms with Crippen molar-refractivity contribution in [3.05, 3.63) is 188 Å². The van der Waals surface area contributed by atoms with Gasteiger partial charge in [-0.2, -0.15) is 0 Å². The molecule has 0 spiro atoms. The summed E-state index contributed by atoms with van der Waals surface area (Å²) in [6.45, 7) is 0. The second-order valence-electron chi connectivity index (χ2n) is 15.0. The Kier molecular flexibility index (Phi) is 5.86. The highest BCUT2D eigenvalue weighted by Gasteiger charge is 2.23. The highest BCUT2D eigenvalue weighted by atomic mass is 16.3. The SMILES string of the molecule is c1cc(-c2ccc3ccccc3c2)cc(N(c2ccc3oc4ccccc4c3c2)c2ccc3c(c2)n2c4ccccc4c4ccc5c6ccccc6n3c5c42)c1. The lowest BCUT2D eigenvalue weighted by molar-refractivity contribution is 0.669. The molecule has 9 aromatic carbocycles. The van der Waals surface area contributed by atoms with Gasteiger partial charge in [0.2, 0.25) is 0 Å². The molecule has 4 nitrogen and oxygen atoms in total. The van der Waals surface area contributed by atoms with Gasteiger partial charge in [0.15, 0.2) is 0 Å². The molecule has 0 saturated carbocycles. The van der Waals surface area contributed by atoms with Crippen molar-refractivity contribution in [3.8, 4) is 11.1 Å². The van der Waals surface area contributed by atoms with Crippen LogP contribution in [0.15, 0.2) is 192 Å². The van der Waals surface area contributed by atoms with Crippen molar-refractivity contribution in [1.82, 2.24) is 8.80 Å². The number of para-hydroxylation sites is 3. The van der Waals surface area contributed by atoms with E-state index in [-0.39, 0.29) is 0 Å². The van der Waals surface area contributed by atoms with Crippen molar-refractivity contribution < 1.29 is 4.42 Å². The molecule has 0 N–H and O–H groups in total. The molecule has 0 aliphatic rings. The molecule has 13 aromatic rings. The standard InChI is InChI=1S/C52H31N3O/c1-2-11-33-28-35(21-20-32(33)10-1)34-12-9-13-36(29-34)53(37-23-27-50-44(30-37)41-16-5-8-19-49(41)56-50)38-22-26-47-48(31-38)55-46-18-7-4-15-40(46)43-25-24-42-39-14-3-6-17-45(39)54(47)51(42)52(43)55/h1-31H. The minimum Gasteiger partial charge on any atom is -0.456 e. The number of aromatic nitrogens is 2. The molecule has 0 bridgehead atoms. The molecular formula is C52H31N3O. The van der Waals surface area contributed by atoms with Gasteiger partial charge in [0.25, 0.3) is 0 Å². The van der Waals surface area contributed by atoms with Crippen LogP contribution in [0.1, 0.15) is 0 Å². The van der Waals surface area contributed by atoms with Crippen LogP contribution in [0.2, 0.25) is 0 Å². The van der Waals surface area contributed by atoms with Crippen molar-refractivity contribution in [1.29, 1.82) is 0 Å². The molecule has 0 amide bonds. The van der Waals surface area contributed by atoms with E-state index in [0.29, 0.717) is 0 Å². The Morgan fingerprint density at radius 1 is 0.321 bits per heavy atom. The van der Waals surface area contributed by atoms with Crippen molar-refractivity contribution in [2.45, 2.75) is 0 Å². The summed E-state index contributed by atoms with van der Waals surface area (Å²) >= 11 is 0. The number of furan rings is 1. The van der Waals surface area contributed by atoms with E-state index in [0.717, 1.165) is 44.5 Å². The van der Waals surface area contributed by atoms with Gasteiger partial charge in [-0.05, 0) is 94.7 Å². The monoisotopic (exact) mass is 713 g/mol. The minimum atomic E-state index is 0.881. The van der Waals surface area contributed by atoms with Crippen LogP contribution >= 0.6 is 0 Å². The molecular weight excluding hydrogens is 683 g/mol. The van der Waals surface area contributed by atoms with E-state index in [2.05, 4.69) is 190 Å². The lowest BCUT2D eigenvalue weighted by Gasteiger charge is -2.27. The van der Waals surface area contributed by atoms with Crippen LogP contribution in [0.25, 0.3) is 98.5 Å². The highest BCUT2D eigenvalue weighted by Crippen LogP contribution is 2.45. The van der Waals surface area contributed by atoms with Gasteiger partial charge in [0, 0.05) is 49.4 Å². The number of hydrogen-bond acceptors (Lipinski definition) is 2. The Balaban J connectivity index is 1.12. The van der Waals surface area contributed by atoms with Crippen molar-refractivity contribution in [2.75, 3.05) is 4.90 Å². The fourth-order valence-electron chi connectivity index (χ4n) is 9.51. The first kappa shape index (κ1) is 29.8. The van der Waals surface area contributed by atoms with Crippen molar-refractivity contribution in [3.63, 3.8) is 0 Å². The predicted molar refractivity (Wildman–Crippen MR) is 234 cm³/mol. The quantitative estimate of drug-likeness (QED) is 0.170. The van der Waals surface area contributed by atoms with Gasteiger partial charge in [-0.3, -0.25) is 0 Å². The number of anilines is 3. The molecule has 56 heavy (non-hydrogen) atoms. The molecule has 0 radical (unpaired) electrons. The van der Waals surface area contributed by atoms with Gasteiger partial charge in [0.05, 0.1) is 33.1 Å². The van der Waals surface area contributed by atoms with E-state index in [1.54, 1.807) is 0 Å². The van der Waals surface area contributed by atoms with Crippen LogP contribution in [0, 0.1) is 0 Å². The van der Waals surface area contributed by atoms with Gasteiger partial charge in [0.1, 0.15) is 11.2 Å². The van der Waals surface area contributed by atoms with E-state index in [1.165, 1.54) is 71.0 Å². The third-order valence-corrected chi connectivity index (χ3v) is 12.0. The van der Waals surface area contributed by atoms with E-state index >= 15 is 0 Å². The topological polar surface area (TPSA) is 25.2 Å². The Morgan fingerprint density at radius 2 is 0.929 bits per heavy atom. The Morgan fingerprint density at radius 3 is 1.73 bits per heavy atom. The van der Waals surface area contributed by atoms with E-state index in [1.807, 2.05) is 12.1 Å². The summed E-state index contributed by atoms with van der Waals surface area (Å²) in [7, 11) is 0.